The number of nitrogens with zero attached hydrogens (tertiary/aromatic N) is 1. The molecule has 1 spiro atoms. The third-order valence-electron chi connectivity index (χ3n) is 7.59. The molecule has 2 aliphatic rings. The molecule has 2 fully saturated rings. The topological polar surface area (TPSA) is 39.2 Å². The maximum Gasteiger partial charge on any atom is 0.140 e. The summed E-state index contributed by atoms with van der Waals surface area (Å²) < 4.78 is 19.4. The molecule has 2 saturated carbocycles. The van der Waals surface area contributed by atoms with E-state index in [4.69, 9.17) is 4.74 Å². The number of ether oxygens (including phenoxy) is 1. The zero-order valence-corrected chi connectivity index (χ0v) is 18.2. The molecule has 1 atom stereocenters. The van der Waals surface area contributed by atoms with E-state index in [0.717, 1.165) is 54.3 Å². The highest BCUT2D eigenvalue weighted by Gasteiger charge is 2.57. The number of carbonyl (C=O) groups is 1. The molecule has 1 aromatic heterocycles. The van der Waals surface area contributed by atoms with Crippen LogP contribution in [0.15, 0.2) is 48.7 Å². The molecule has 5 rings (SSSR count). The Morgan fingerprint density at radius 2 is 1.90 bits per heavy atom. The second kappa shape index (κ2) is 7.74. The van der Waals surface area contributed by atoms with Crippen LogP contribution in [0.25, 0.3) is 10.9 Å². The van der Waals surface area contributed by atoms with E-state index in [2.05, 4.69) is 11.1 Å². The van der Waals surface area contributed by atoms with Crippen LogP contribution in [-0.2, 0) is 11.2 Å². The average Bonchev–Trinajstić information content (AvgIpc) is 3.49. The molecule has 31 heavy (non-hydrogen) atoms. The zero-order chi connectivity index (χ0) is 21.6. The van der Waals surface area contributed by atoms with Crippen molar-refractivity contribution < 1.29 is 13.9 Å². The highest BCUT2D eigenvalue weighted by molar-refractivity contribution is 5.87. The maximum absolute atomic E-state index is 14.2. The van der Waals surface area contributed by atoms with Crippen LogP contribution in [0.1, 0.15) is 54.7 Å². The Kier molecular flexibility index (Phi) is 5.04. The molecular weight excluding hydrogens is 389 g/mol. The summed E-state index contributed by atoms with van der Waals surface area (Å²) in [5.74, 6) is 1.63. The van der Waals surface area contributed by atoms with Gasteiger partial charge >= 0.3 is 0 Å². The van der Waals surface area contributed by atoms with Crippen LogP contribution in [0.4, 0.5) is 4.39 Å². The summed E-state index contributed by atoms with van der Waals surface area (Å²) in [6.07, 6.45) is 7.65. The largest absolute Gasteiger partial charge is 0.497 e. The molecule has 0 N–H and O–H groups in total. The van der Waals surface area contributed by atoms with Crippen LogP contribution >= 0.6 is 0 Å². The van der Waals surface area contributed by atoms with E-state index in [9.17, 15) is 9.18 Å². The van der Waals surface area contributed by atoms with Crippen molar-refractivity contribution in [1.82, 2.24) is 4.98 Å². The molecule has 0 saturated heterocycles. The molecule has 160 valence electrons. The number of aryl methyl sites for hydroxylation is 1. The van der Waals surface area contributed by atoms with E-state index in [1.807, 2.05) is 36.5 Å². The van der Waals surface area contributed by atoms with Gasteiger partial charge in [0.1, 0.15) is 17.3 Å². The summed E-state index contributed by atoms with van der Waals surface area (Å²) in [6.45, 7) is 1.78. The quantitative estimate of drug-likeness (QED) is 0.499. The Labute approximate surface area is 182 Å². The van der Waals surface area contributed by atoms with Crippen molar-refractivity contribution in [2.75, 3.05) is 7.11 Å². The molecule has 0 amide bonds. The molecule has 2 aliphatic carbocycles. The van der Waals surface area contributed by atoms with Gasteiger partial charge in [-0.2, -0.15) is 0 Å². The van der Waals surface area contributed by atoms with Gasteiger partial charge in [0.2, 0.25) is 0 Å². The van der Waals surface area contributed by atoms with E-state index in [0.29, 0.717) is 23.7 Å². The number of benzene rings is 2. The first-order valence-electron chi connectivity index (χ1n) is 11.2. The summed E-state index contributed by atoms with van der Waals surface area (Å²) in [4.78, 5) is 17.4. The van der Waals surface area contributed by atoms with Gasteiger partial charge in [-0.25, -0.2) is 4.39 Å². The zero-order valence-electron chi connectivity index (χ0n) is 18.2. The van der Waals surface area contributed by atoms with Crippen LogP contribution in [0, 0.1) is 24.1 Å². The lowest BCUT2D eigenvalue weighted by Gasteiger charge is -2.30. The molecule has 0 bridgehead atoms. The van der Waals surface area contributed by atoms with Gasteiger partial charge in [-0.15, -0.1) is 0 Å². The predicted octanol–water partition coefficient (Wildman–Crippen LogP) is 6.17. The fourth-order valence-corrected chi connectivity index (χ4v) is 5.57. The molecule has 1 unspecified atom stereocenters. The lowest BCUT2D eigenvalue weighted by molar-refractivity contribution is -0.120. The highest BCUT2D eigenvalue weighted by atomic mass is 19.1. The molecule has 0 aliphatic heterocycles. The number of aromatic nitrogens is 1. The van der Waals surface area contributed by atoms with Crippen LogP contribution < -0.4 is 4.74 Å². The smallest absolute Gasteiger partial charge is 0.140 e. The molecular formula is C27H28FNO2. The van der Waals surface area contributed by atoms with E-state index >= 15 is 0 Å². The number of hydrogen-bond donors (Lipinski definition) is 0. The number of hydrogen-bond acceptors (Lipinski definition) is 3. The van der Waals surface area contributed by atoms with Crippen LogP contribution in [0.5, 0.6) is 5.75 Å². The molecule has 2 aromatic carbocycles. The molecule has 3 aromatic rings. The normalized spacial score (nSPS) is 25.0. The van der Waals surface area contributed by atoms with Crippen molar-refractivity contribution in [3.8, 4) is 5.75 Å². The monoisotopic (exact) mass is 417 g/mol. The second-order valence-corrected chi connectivity index (χ2v) is 9.40. The van der Waals surface area contributed by atoms with Crippen molar-refractivity contribution in [2.45, 2.75) is 51.4 Å². The first kappa shape index (κ1) is 20.2. The van der Waals surface area contributed by atoms with Gasteiger partial charge in [0.15, 0.2) is 0 Å². The van der Waals surface area contributed by atoms with Gasteiger partial charge in [0, 0.05) is 23.9 Å². The first-order chi connectivity index (χ1) is 15.0. The molecule has 0 radical (unpaired) electrons. The number of halogens is 1. The molecule has 3 nitrogen and oxygen atoms in total. The van der Waals surface area contributed by atoms with Crippen molar-refractivity contribution in [3.63, 3.8) is 0 Å². The summed E-state index contributed by atoms with van der Waals surface area (Å²) in [5.41, 5.74) is 3.97. The number of Topliss-reactive ketones (excluding diaryl/α,β-unsaturated/α-hetero) is 1. The van der Waals surface area contributed by atoms with E-state index in [1.54, 1.807) is 20.1 Å². The third kappa shape index (κ3) is 3.73. The third-order valence-corrected chi connectivity index (χ3v) is 7.59. The van der Waals surface area contributed by atoms with Crippen molar-refractivity contribution in [3.05, 3.63) is 71.2 Å². The van der Waals surface area contributed by atoms with Gasteiger partial charge in [-0.05, 0) is 97.4 Å². The van der Waals surface area contributed by atoms with Gasteiger partial charge in [-0.1, -0.05) is 12.1 Å². The Balaban J connectivity index is 1.25. The summed E-state index contributed by atoms with van der Waals surface area (Å²) in [6, 6.07) is 13.3. The maximum atomic E-state index is 14.2. The number of ketones is 1. The second-order valence-electron chi connectivity index (χ2n) is 9.40. The minimum atomic E-state index is -0.166. The lowest BCUT2D eigenvalue weighted by Crippen LogP contribution is -2.20. The van der Waals surface area contributed by atoms with Gasteiger partial charge in [0.25, 0.3) is 0 Å². The summed E-state index contributed by atoms with van der Waals surface area (Å²) in [7, 11) is 1.65. The van der Waals surface area contributed by atoms with Crippen molar-refractivity contribution in [2.24, 2.45) is 11.3 Å². The van der Waals surface area contributed by atoms with E-state index < -0.39 is 0 Å². The minimum Gasteiger partial charge on any atom is -0.497 e. The fourth-order valence-electron chi connectivity index (χ4n) is 5.57. The molecule has 4 heteroatoms. The van der Waals surface area contributed by atoms with Gasteiger partial charge < -0.3 is 4.74 Å². The summed E-state index contributed by atoms with van der Waals surface area (Å²) >= 11 is 0. The number of methoxy groups -OCH3 is 1. The van der Waals surface area contributed by atoms with Gasteiger partial charge in [0.05, 0.1) is 12.6 Å². The minimum absolute atomic E-state index is 0.166. The first-order valence-corrected chi connectivity index (χ1v) is 11.2. The standard InChI is InChI=1S/C27H28FNO2/c1-17-13-25-22(15-24(17)28)21(9-12-29-25)19-7-10-27(11-8-19)16-23(27)26(30)14-18-3-5-20(31-2)6-4-18/h3-6,9,12-13,15,19,23H,7-8,10-11,14,16H2,1-2H3. The summed E-state index contributed by atoms with van der Waals surface area (Å²) in [5, 5.41) is 0.939. The Morgan fingerprint density at radius 1 is 1.16 bits per heavy atom. The van der Waals surface area contributed by atoms with E-state index in [1.165, 1.54) is 5.56 Å². The lowest BCUT2D eigenvalue weighted by atomic mass is 9.74. The number of carbonyl (C=O) groups excluding carboxylic acids is 1. The number of rotatable bonds is 5. The van der Waals surface area contributed by atoms with Crippen molar-refractivity contribution in [1.29, 1.82) is 0 Å². The van der Waals surface area contributed by atoms with E-state index in [-0.39, 0.29) is 17.2 Å². The predicted molar refractivity (Wildman–Crippen MR) is 120 cm³/mol. The Hall–Kier alpha value is -2.75. The van der Waals surface area contributed by atoms with Gasteiger partial charge in [-0.3, -0.25) is 9.78 Å². The van der Waals surface area contributed by atoms with Crippen LogP contribution in [-0.4, -0.2) is 17.9 Å². The Bertz CT molecular complexity index is 1130. The number of fused-ring (bicyclic) bond motifs is 1. The van der Waals surface area contributed by atoms with Crippen molar-refractivity contribution >= 4 is 16.7 Å². The van der Waals surface area contributed by atoms with Crippen LogP contribution in [0.2, 0.25) is 0 Å². The SMILES string of the molecule is COc1ccc(CC(=O)C2CC23CCC(c2ccnc4cc(C)c(F)cc24)CC3)cc1. The Morgan fingerprint density at radius 3 is 2.61 bits per heavy atom. The van der Waals surface area contributed by atoms with Crippen LogP contribution in [0.3, 0.4) is 0 Å². The fraction of sp³-hybridized carbons (Fsp3) is 0.407. The molecule has 1 heterocycles. The number of pyridine rings is 1. The highest BCUT2D eigenvalue weighted by Crippen LogP contribution is 2.63. The average molecular weight is 418 g/mol.